The van der Waals surface area contributed by atoms with E-state index in [9.17, 15) is 9.59 Å². The third-order valence-corrected chi connectivity index (χ3v) is 2.88. The van der Waals surface area contributed by atoms with Crippen LogP contribution in [0, 0.1) is 5.92 Å². The maximum Gasteiger partial charge on any atom is 0.338 e. The molecule has 0 radical (unpaired) electrons. The lowest BCUT2D eigenvalue weighted by Crippen LogP contribution is -2.42. The number of carbonyl (C=O) groups excluding carboxylic acids is 1. The van der Waals surface area contributed by atoms with Crippen LogP contribution in [0.1, 0.15) is 41.6 Å². The first-order valence-corrected chi connectivity index (χ1v) is 6.54. The summed E-state index contributed by atoms with van der Waals surface area (Å²) in [5.74, 6) is -1.50. The lowest BCUT2D eigenvalue weighted by Gasteiger charge is -2.22. The Kier molecular flexibility index (Phi) is 6.11. The Morgan fingerprint density at radius 2 is 2.15 bits per heavy atom. The number of rotatable bonds is 7. The summed E-state index contributed by atoms with van der Waals surface area (Å²) >= 11 is 0. The van der Waals surface area contributed by atoms with Crippen molar-refractivity contribution in [2.75, 3.05) is 13.2 Å². The molecule has 0 aromatic carbocycles. The van der Waals surface area contributed by atoms with Crippen LogP contribution in [0.2, 0.25) is 0 Å². The Labute approximate surface area is 118 Å². The van der Waals surface area contributed by atoms with Crippen molar-refractivity contribution in [3.8, 4) is 0 Å². The molecule has 0 fully saturated rings. The van der Waals surface area contributed by atoms with E-state index in [-0.39, 0.29) is 23.2 Å². The van der Waals surface area contributed by atoms with E-state index < -0.39 is 11.9 Å². The molecule has 6 heteroatoms. The van der Waals surface area contributed by atoms with E-state index in [0.717, 1.165) is 0 Å². The standard InChI is InChI=1S/C14H20N2O4/c1-4-20-8-11(9(2)3)16-13(17)12-10(14(18)19)6-5-7-15-12/h5-7,9,11H,4,8H2,1-3H3,(H,16,17)(H,18,19). The summed E-state index contributed by atoms with van der Waals surface area (Å²) in [6.45, 7) is 6.74. The van der Waals surface area contributed by atoms with Gasteiger partial charge in [0.05, 0.1) is 18.2 Å². The zero-order valence-corrected chi connectivity index (χ0v) is 11.9. The van der Waals surface area contributed by atoms with Gasteiger partial charge in [-0.05, 0) is 25.0 Å². The van der Waals surface area contributed by atoms with Crippen LogP contribution in [0.4, 0.5) is 0 Å². The number of ether oxygens (including phenoxy) is 1. The highest BCUT2D eigenvalue weighted by molar-refractivity contribution is 6.03. The van der Waals surface area contributed by atoms with E-state index in [4.69, 9.17) is 9.84 Å². The molecule has 0 aliphatic rings. The van der Waals surface area contributed by atoms with Gasteiger partial charge in [0.2, 0.25) is 0 Å². The first-order valence-electron chi connectivity index (χ1n) is 6.54. The molecule has 110 valence electrons. The Morgan fingerprint density at radius 1 is 1.45 bits per heavy atom. The molecule has 0 aliphatic carbocycles. The Hall–Kier alpha value is -1.95. The van der Waals surface area contributed by atoms with Gasteiger partial charge in [-0.15, -0.1) is 0 Å². The summed E-state index contributed by atoms with van der Waals surface area (Å²) in [4.78, 5) is 27.1. The molecule has 6 nitrogen and oxygen atoms in total. The summed E-state index contributed by atoms with van der Waals surface area (Å²) in [6.07, 6.45) is 1.40. The molecule has 0 bridgehead atoms. The zero-order chi connectivity index (χ0) is 15.1. The molecule has 1 unspecified atom stereocenters. The van der Waals surface area contributed by atoms with Gasteiger partial charge >= 0.3 is 5.97 Å². The average Bonchev–Trinajstić information content (AvgIpc) is 2.42. The fraction of sp³-hybridized carbons (Fsp3) is 0.500. The number of carboxylic acids is 1. The highest BCUT2D eigenvalue weighted by Gasteiger charge is 2.22. The first-order chi connectivity index (χ1) is 9.47. The molecule has 0 saturated heterocycles. The van der Waals surface area contributed by atoms with Crippen molar-refractivity contribution < 1.29 is 19.4 Å². The lowest BCUT2D eigenvalue weighted by molar-refractivity contribution is 0.0685. The highest BCUT2D eigenvalue weighted by atomic mass is 16.5. The molecule has 1 aromatic heterocycles. The Balaban J connectivity index is 2.86. The monoisotopic (exact) mass is 280 g/mol. The number of pyridine rings is 1. The van der Waals surface area contributed by atoms with Gasteiger partial charge in [0, 0.05) is 12.8 Å². The SMILES string of the molecule is CCOCC(NC(=O)c1ncccc1C(=O)O)C(C)C. The largest absolute Gasteiger partial charge is 0.478 e. The van der Waals surface area contributed by atoms with Gasteiger partial charge in [-0.1, -0.05) is 13.8 Å². The summed E-state index contributed by atoms with van der Waals surface area (Å²) in [7, 11) is 0. The molecule has 1 atom stereocenters. The molecule has 0 aliphatic heterocycles. The summed E-state index contributed by atoms with van der Waals surface area (Å²) < 4.78 is 5.32. The van der Waals surface area contributed by atoms with Crippen molar-refractivity contribution in [1.29, 1.82) is 0 Å². The smallest absolute Gasteiger partial charge is 0.338 e. The van der Waals surface area contributed by atoms with E-state index in [1.165, 1.54) is 18.3 Å². The van der Waals surface area contributed by atoms with Gasteiger partial charge in [0.15, 0.2) is 0 Å². The molecule has 1 amide bonds. The highest BCUT2D eigenvalue weighted by Crippen LogP contribution is 2.08. The van der Waals surface area contributed by atoms with Gasteiger partial charge < -0.3 is 15.2 Å². The minimum Gasteiger partial charge on any atom is -0.478 e. The number of aromatic carboxylic acids is 1. The van der Waals surface area contributed by atoms with E-state index in [1.807, 2.05) is 20.8 Å². The summed E-state index contributed by atoms with van der Waals surface area (Å²) in [6, 6.07) is 2.66. The second-order valence-electron chi connectivity index (χ2n) is 4.69. The van der Waals surface area contributed by atoms with E-state index >= 15 is 0 Å². The molecule has 1 heterocycles. The number of nitrogens with zero attached hydrogens (tertiary/aromatic N) is 1. The minimum atomic E-state index is -1.17. The predicted octanol–water partition coefficient (Wildman–Crippen LogP) is 1.57. The first kappa shape index (κ1) is 16.1. The van der Waals surface area contributed by atoms with E-state index in [2.05, 4.69) is 10.3 Å². The summed E-state index contributed by atoms with van der Waals surface area (Å²) in [5, 5.41) is 11.8. The lowest BCUT2D eigenvalue weighted by atomic mass is 10.0. The van der Waals surface area contributed by atoms with Gasteiger partial charge in [0.25, 0.3) is 5.91 Å². The Morgan fingerprint density at radius 3 is 2.70 bits per heavy atom. The quantitative estimate of drug-likeness (QED) is 0.791. The number of hydrogen-bond donors (Lipinski definition) is 2. The van der Waals surface area contributed by atoms with Crippen molar-refractivity contribution in [3.63, 3.8) is 0 Å². The molecule has 1 aromatic rings. The molecular weight excluding hydrogens is 260 g/mol. The Bertz CT molecular complexity index is 474. The summed E-state index contributed by atoms with van der Waals surface area (Å²) in [5.41, 5.74) is -0.189. The number of aromatic nitrogens is 1. The fourth-order valence-corrected chi connectivity index (χ4v) is 1.64. The molecule has 1 rings (SSSR count). The van der Waals surface area contributed by atoms with Gasteiger partial charge in [-0.25, -0.2) is 4.79 Å². The zero-order valence-electron chi connectivity index (χ0n) is 11.9. The van der Waals surface area contributed by atoms with E-state index in [0.29, 0.717) is 13.2 Å². The van der Waals surface area contributed by atoms with Crippen LogP contribution in [0.5, 0.6) is 0 Å². The van der Waals surface area contributed by atoms with Crippen molar-refractivity contribution in [2.24, 2.45) is 5.92 Å². The number of hydrogen-bond acceptors (Lipinski definition) is 4. The number of carboxylic acid groups (broad SMARTS) is 1. The third kappa shape index (κ3) is 4.31. The average molecular weight is 280 g/mol. The number of amides is 1. The van der Waals surface area contributed by atoms with Crippen molar-refractivity contribution in [1.82, 2.24) is 10.3 Å². The van der Waals surface area contributed by atoms with Crippen molar-refractivity contribution >= 4 is 11.9 Å². The third-order valence-electron chi connectivity index (χ3n) is 2.88. The van der Waals surface area contributed by atoms with E-state index in [1.54, 1.807) is 0 Å². The fourth-order valence-electron chi connectivity index (χ4n) is 1.64. The second-order valence-corrected chi connectivity index (χ2v) is 4.69. The normalized spacial score (nSPS) is 12.2. The molecule has 0 spiro atoms. The molecule has 20 heavy (non-hydrogen) atoms. The van der Waals surface area contributed by atoms with Crippen LogP contribution in [-0.4, -0.2) is 41.2 Å². The van der Waals surface area contributed by atoms with Crippen LogP contribution >= 0.6 is 0 Å². The molecule has 0 saturated carbocycles. The topological polar surface area (TPSA) is 88.5 Å². The second kappa shape index (κ2) is 7.59. The van der Waals surface area contributed by atoms with Crippen molar-refractivity contribution in [3.05, 3.63) is 29.6 Å². The van der Waals surface area contributed by atoms with Gasteiger partial charge in [0.1, 0.15) is 5.69 Å². The molecular formula is C14H20N2O4. The van der Waals surface area contributed by atoms with Crippen LogP contribution in [0.15, 0.2) is 18.3 Å². The van der Waals surface area contributed by atoms with Crippen LogP contribution in [0.25, 0.3) is 0 Å². The number of carbonyl (C=O) groups is 2. The number of nitrogens with one attached hydrogen (secondary N) is 1. The van der Waals surface area contributed by atoms with Crippen LogP contribution in [-0.2, 0) is 4.74 Å². The van der Waals surface area contributed by atoms with Crippen LogP contribution in [0.3, 0.4) is 0 Å². The predicted molar refractivity (Wildman–Crippen MR) is 73.8 cm³/mol. The minimum absolute atomic E-state index is 0.0813. The van der Waals surface area contributed by atoms with Gasteiger partial charge in [-0.3, -0.25) is 9.78 Å². The van der Waals surface area contributed by atoms with Crippen molar-refractivity contribution in [2.45, 2.75) is 26.8 Å². The van der Waals surface area contributed by atoms with Crippen LogP contribution < -0.4 is 5.32 Å². The van der Waals surface area contributed by atoms with Gasteiger partial charge in [-0.2, -0.15) is 0 Å². The maximum atomic E-state index is 12.2. The maximum absolute atomic E-state index is 12.2. The molecule has 2 N–H and O–H groups in total.